The summed E-state index contributed by atoms with van der Waals surface area (Å²) in [5.74, 6) is 0.865. The molecule has 0 bridgehead atoms. The normalized spacial score (nSPS) is 12.9. The van der Waals surface area contributed by atoms with E-state index < -0.39 is 0 Å². The first-order valence-corrected chi connectivity index (χ1v) is 6.24. The third kappa shape index (κ3) is 5.17. The second-order valence-electron chi connectivity index (χ2n) is 4.01. The van der Waals surface area contributed by atoms with Crippen LogP contribution < -0.4 is 4.74 Å². The monoisotopic (exact) mass is 271 g/mol. The zero-order valence-corrected chi connectivity index (χ0v) is 11.1. The van der Waals surface area contributed by atoms with Crippen molar-refractivity contribution in [3.63, 3.8) is 0 Å². The highest BCUT2D eigenvalue weighted by atomic mass is 79.9. The van der Waals surface area contributed by atoms with Gasteiger partial charge in [0.2, 0.25) is 0 Å². The maximum absolute atomic E-state index is 5.59. The lowest BCUT2D eigenvalue weighted by Crippen LogP contribution is -2.06. The molecule has 0 saturated heterocycles. The predicted octanol–water partition coefficient (Wildman–Crippen LogP) is 3.58. The first kappa shape index (κ1) is 12.5. The first-order valence-electron chi connectivity index (χ1n) is 5.32. The Bertz CT molecular complexity index is 299. The highest BCUT2D eigenvalue weighted by molar-refractivity contribution is 9.09. The van der Waals surface area contributed by atoms with Gasteiger partial charge in [-0.2, -0.15) is 0 Å². The van der Waals surface area contributed by atoms with E-state index in [2.05, 4.69) is 33.9 Å². The van der Waals surface area contributed by atoms with Crippen LogP contribution in [0.15, 0.2) is 18.5 Å². The van der Waals surface area contributed by atoms with E-state index in [0.717, 1.165) is 18.6 Å². The molecule has 0 amide bonds. The minimum atomic E-state index is 0.206. The summed E-state index contributed by atoms with van der Waals surface area (Å²) < 4.78 is 5.59. The van der Waals surface area contributed by atoms with Gasteiger partial charge in [0.25, 0.3) is 0 Å². The molecule has 0 fully saturated rings. The van der Waals surface area contributed by atoms with Crippen molar-refractivity contribution in [3.8, 4) is 5.75 Å². The van der Waals surface area contributed by atoms with Gasteiger partial charge in [-0.15, -0.1) is 0 Å². The lowest BCUT2D eigenvalue weighted by Gasteiger charge is -2.10. The van der Waals surface area contributed by atoms with E-state index in [4.69, 9.17) is 4.74 Å². The number of hydrogen-bond donors (Lipinski definition) is 0. The van der Waals surface area contributed by atoms with Crippen LogP contribution in [-0.2, 0) is 6.42 Å². The van der Waals surface area contributed by atoms with E-state index in [1.54, 1.807) is 6.20 Å². The molecule has 1 aromatic heterocycles. The average Bonchev–Trinajstić information content (AvgIpc) is 2.14. The maximum atomic E-state index is 5.59. The van der Waals surface area contributed by atoms with Crippen molar-refractivity contribution in [2.45, 2.75) is 44.5 Å². The van der Waals surface area contributed by atoms with Gasteiger partial charge in [-0.1, -0.05) is 22.9 Å². The van der Waals surface area contributed by atoms with Crippen molar-refractivity contribution in [3.05, 3.63) is 24.0 Å². The molecule has 1 heterocycles. The highest BCUT2D eigenvalue weighted by Crippen LogP contribution is 2.16. The third-order valence-electron chi connectivity index (χ3n) is 1.97. The van der Waals surface area contributed by atoms with E-state index in [9.17, 15) is 0 Å². The van der Waals surface area contributed by atoms with E-state index >= 15 is 0 Å². The van der Waals surface area contributed by atoms with Gasteiger partial charge in [0.1, 0.15) is 5.75 Å². The fourth-order valence-corrected chi connectivity index (χ4v) is 1.53. The smallest absolute Gasteiger partial charge is 0.138 e. The molecule has 0 saturated carbocycles. The Morgan fingerprint density at radius 1 is 1.33 bits per heavy atom. The molecule has 84 valence electrons. The number of alkyl halides is 1. The number of hydrogen-bond acceptors (Lipinski definition) is 2. The molecule has 3 heteroatoms. The predicted molar refractivity (Wildman–Crippen MR) is 66.7 cm³/mol. The van der Waals surface area contributed by atoms with Crippen LogP contribution in [0.25, 0.3) is 0 Å². The van der Waals surface area contributed by atoms with Crippen molar-refractivity contribution in [2.24, 2.45) is 0 Å². The number of pyridine rings is 1. The number of aromatic nitrogens is 1. The van der Waals surface area contributed by atoms with E-state index in [1.807, 2.05) is 20.0 Å². The SMILES string of the molecule is CC(Br)CCc1cncc(OC(C)C)c1. The first-order chi connectivity index (χ1) is 7.08. The summed E-state index contributed by atoms with van der Waals surface area (Å²) in [7, 11) is 0. The fourth-order valence-electron chi connectivity index (χ4n) is 1.30. The summed E-state index contributed by atoms with van der Waals surface area (Å²) >= 11 is 3.54. The van der Waals surface area contributed by atoms with Crippen LogP contribution in [0.5, 0.6) is 5.75 Å². The molecule has 0 aromatic carbocycles. The van der Waals surface area contributed by atoms with Gasteiger partial charge in [-0.3, -0.25) is 4.98 Å². The molecule has 15 heavy (non-hydrogen) atoms. The van der Waals surface area contributed by atoms with Crippen molar-refractivity contribution in [1.29, 1.82) is 0 Å². The Morgan fingerprint density at radius 2 is 2.07 bits per heavy atom. The second-order valence-corrected chi connectivity index (χ2v) is 5.58. The number of nitrogens with zero attached hydrogens (tertiary/aromatic N) is 1. The van der Waals surface area contributed by atoms with E-state index in [0.29, 0.717) is 4.83 Å². The van der Waals surface area contributed by atoms with Gasteiger partial charge in [-0.25, -0.2) is 0 Å². The molecule has 0 aliphatic carbocycles. The number of ether oxygens (including phenoxy) is 1. The summed E-state index contributed by atoms with van der Waals surface area (Å²) in [6.45, 7) is 6.20. The standard InChI is InChI=1S/C12H18BrNO/c1-9(2)15-12-6-11(7-14-8-12)5-4-10(3)13/h6-10H,4-5H2,1-3H3. The Hall–Kier alpha value is -0.570. The minimum Gasteiger partial charge on any atom is -0.489 e. The van der Waals surface area contributed by atoms with Crippen LogP contribution >= 0.6 is 15.9 Å². The largest absolute Gasteiger partial charge is 0.489 e. The van der Waals surface area contributed by atoms with Crippen molar-refractivity contribution >= 4 is 15.9 Å². The van der Waals surface area contributed by atoms with Gasteiger partial charge in [-0.05, 0) is 38.3 Å². The molecule has 2 nitrogen and oxygen atoms in total. The van der Waals surface area contributed by atoms with Crippen molar-refractivity contribution in [2.75, 3.05) is 0 Å². The Balaban J connectivity index is 2.57. The highest BCUT2D eigenvalue weighted by Gasteiger charge is 2.02. The van der Waals surface area contributed by atoms with E-state index in [-0.39, 0.29) is 6.10 Å². The van der Waals surface area contributed by atoms with Gasteiger partial charge in [0.05, 0.1) is 12.3 Å². The summed E-state index contributed by atoms with van der Waals surface area (Å²) in [6, 6.07) is 2.07. The van der Waals surface area contributed by atoms with Crippen LogP contribution in [0, 0.1) is 0 Å². The van der Waals surface area contributed by atoms with Crippen LogP contribution in [-0.4, -0.2) is 15.9 Å². The molecule has 1 atom stereocenters. The lowest BCUT2D eigenvalue weighted by molar-refractivity contribution is 0.241. The van der Waals surface area contributed by atoms with Crippen molar-refractivity contribution in [1.82, 2.24) is 4.98 Å². The van der Waals surface area contributed by atoms with Crippen LogP contribution in [0.3, 0.4) is 0 Å². The zero-order chi connectivity index (χ0) is 11.3. The Morgan fingerprint density at radius 3 is 2.67 bits per heavy atom. The van der Waals surface area contributed by atoms with Crippen molar-refractivity contribution < 1.29 is 4.74 Å². The Kier molecular flexibility index (Phi) is 5.09. The average molecular weight is 272 g/mol. The quantitative estimate of drug-likeness (QED) is 0.764. The number of aryl methyl sites for hydroxylation is 1. The van der Waals surface area contributed by atoms with E-state index in [1.165, 1.54) is 5.56 Å². The van der Waals surface area contributed by atoms with Crippen LogP contribution in [0.1, 0.15) is 32.8 Å². The zero-order valence-electron chi connectivity index (χ0n) is 9.53. The number of rotatable bonds is 5. The van der Waals surface area contributed by atoms with Crippen LogP contribution in [0.2, 0.25) is 0 Å². The molecule has 0 aliphatic heterocycles. The molecule has 1 rings (SSSR count). The summed E-state index contributed by atoms with van der Waals surface area (Å²) in [4.78, 5) is 4.72. The molecule has 0 N–H and O–H groups in total. The molecule has 0 aliphatic rings. The summed E-state index contributed by atoms with van der Waals surface area (Å²) in [5.41, 5.74) is 1.24. The fraction of sp³-hybridized carbons (Fsp3) is 0.583. The molecular formula is C12H18BrNO. The topological polar surface area (TPSA) is 22.1 Å². The third-order valence-corrected chi connectivity index (χ3v) is 2.43. The lowest BCUT2D eigenvalue weighted by atomic mass is 10.1. The molecular weight excluding hydrogens is 254 g/mol. The molecule has 0 radical (unpaired) electrons. The van der Waals surface area contributed by atoms with Crippen LogP contribution in [0.4, 0.5) is 0 Å². The minimum absolute atomic E-state index is 0.206. The Labute approximate surface area is 100 Å². The maximum Gasteiger partial charge on any atom is 0.138 e. The molecule has 1 unspecified atom stereocenters. The molecule has 1 aromatic rings. The van der Waals surface area contributed by atoms with Gasteiger partial charge in [0.15, 0.2) is 0 Å². The summed E-state index contributed by atoms with van der Waals surface area (Å²) in [5, 5.41) is 0. The van der Waals surface area contributed by atoms with Gasteiger partial charge < -0.3 is 4.74 Å². The molecule has 0 spiro atoms. The van der Waals surface area contributed by atoms with Gasteiger partial charge >= 0.3 is 0 Å². The second kappa shape index (κ2) is 6.11. The summed E-state index contributed by atoms with van der Waals surface area (Å²) in [6.07, 6.45) is 6.03. The number of halogens is 1. The van der Waals surface area contributed by atoms with Gasteiger partial charge in [0, 0.05) is 11.0 Å².